The molecule has 0 aromatic rings. The Hall–Kier alpha value is -0.0800. The molecule has 0 radical (unpaired) electrons. The molecule has 0 fully saturated rings. The molecule has 13 heavy (non-hydrogen) atoms. The van der Waals surface area contributed by atoms with Crippen LogP contribution in [0, 0.1) is 5.92 Å². The van der Waals surface area contributed by atoms with Crippen molar-refractivity contribution in [3.05, 3.63) is 0 Å². The zero-order valence-corrected chi connectivity index (χ0v) is 9.76. The van der Waals surface area contributed by atoms with Crippen LogP contribution >= 0.6 is 0 Å². The first-order valence-corrected chi connectivity index (χ1v) is 5.49. The fraction of sp³-hybridized carbons (Fsp3) is 1.00. The summed E-state index contributed by atoms with van der Waals surface area (Å²) in [6.45, 7) is 9.57. The van der Waals surface area contributed by atoms with Crippen LogP contribution in [0.4, 0.5) is 0 Å². The van der Waals surface area contributed by atoms with Gasteiger partial charge in [-0.25, -0.2) is 0 Å². The third-order valence-corrected chi connectivity index (χ3v) is 2.77. The fourth-order valence-corrected chi connectivity index (χ4v) is 1.78. The van der Waals surface area contributed by atoms with E-state index < -0.39 is 0 Å². The minimum atomic E-state index is 0.366. The van der Waals surface area contributed by atoms with Crippen LogP contribution in [0.5, 0.6) is 0 Å². The van der Waals surface area contributed by atoms with Crippen LogP contribution in [0.1, 0.15) is 40.5 Å². The monoisotopic (exact) mass is 187 g/mol. The quantitative estimate of drug-likeness (QED) is 0.661. The first kappa shape index (κ1) is 12.9. The lowest BCUT2D eigenvalue weighted by Gasteiger charge is -2.30. The second-order valence-corrected chi connectivity index (χ2v) is 3.60. The molecule has 0 aromatic heterocycles. The molecule has 0 aromatic carbocycles. The zero-order chi connectivity index (χ0) is 10.3. The largest absolute Gasteiger partial charge is 0.377 e. The molecule has 3 unspecified atom stereocenters. The highest BCUT2D eigenvalue weighted by molar-refractivity contribution is 4.79. The summed E-state index contributed by atoms with van der Waals surface area (Å²) >= 11 is 0. The van der Waals surface area contributed by atoms with E-state index in [1.807, 2.05) is 7.05 Å². The standard InChI is InChI=1S/C11H25NO/c1-6-9(4)11(12-5)10(7-2)13-8-3/h9-12H,6-8H2,1-5H3. The Morgan fingerprint density at radius 2 is 1.77 bits per heavy atom. The van der Waals surface area contributed by atoms with Crippen LogP contribution < -0.4 is 5.32 Å². The summed E-state index contributed by atoms with van der Waals surface area (Å²) in [5.41, 5.74) is 0. The molecule has 0 heterocycles. The molecule has 0 aliphatic carbocycles. The maximum absolute atomic E-state index is 5.70. The maximum atomic E-state index is 5.70. The molecule has 1 N–H and O–H groups in total. The van der Waals surface area contributed by atoms with Crippen molar-refractivity contribution in [1.82, 2.24) is 5.32 Å². The summed E-state index contributed by atoms with van der Waals surface area (Å²) in [5, 5.41) is 3.36. The molecule has 0 aliphatic rings. The van der Waals surface area contributed by atoms with Gasteiger partial charge in [0.2, 0.25) is 0 Å². The van der Waals surface area contributed by atoms with Gasteiger partial charge in [0.05, 0.1) is 6.10 Å². The van der Waals surface area contributed by atoms with E-state index in [0.29, 0.717) is 18.1 Å². The first-order chi connectivity index (χ1) is 6.21. The minimum absolute atomic E-state index is 0.366. The average molecular weight is 187 g/mol. The van der Waals surface area contributed by atoms with E-state index in [1.165, 1.54) is 6.42 Å². The third-order valence-electron chi connectivity index (χ3n) is 2.77. The van der Waals surface area contributed by atoms with Crippen LogP contribution in [0.15, 0.2) is 0 Å². The van der Waals surface area contributed by atoms with Crippen molar-refractivity contribution in [2.75, 3.05) is 13.7 Å². The summed E-state index contributed by atoms with van der Waals surface area (Å²) in [4.78, 5) is 0. The van der Waals surface area contributed by atoms with E-state index in [4.69, 9.17) is 4.74 Å². The van der Waals surface area contributed by atoms with E-state index in [2.05, 4.69) is 33.0 Å². The number of likely N-dealkylation sites (N-methyl/N-ethyl adjacent to an activating group) is 1. The molecule has 0 rings (SSSR count). The maximum Gasteiger partial charge on any atom is 0.0727 e. The highest BCUT2D eigenvalue weighted by Crippen LogP contribution is 2.15. The predicted molar refractivity (Wildman–Crippen MR) is 58.0 cm³/mol. The van der Waals surface area contributed by atoms with E-state index in [0.717, 1.165) is 13.0 Å². The lowest BCUT2D eigenvalue weighted by atomic mass is 9.93. The van der Waals surface area contributed by atoms with E-state index >= 15 is 0 Å². The molecule has 0 bridgehead atoms. The third kappa shape index (κ3) is 4.10. The van der Waals surface area contributed by atoms with Gasteiger partial charge in [-0.1, -0.05) is 27.2 Å². The normalized spacial score (nSPS) is 18.2. The van der Waals surface area contributed by atoms with Crippen molar-refractivity contribution in [3.8, 4) is 0 Å². The van der Waals surface area contributed by atoms with Gasteiger partial charge in [-0.3, -0.25) is 0 Å². The Labute approximate surface area is 83.1 Å². The van der Waals surface area contributed by atoms with Crippen molar-refractivity contribution in [2.45, 2.75) is 52.7 Å². The number of ether oxygens (including phenoxy) is 1. The molecular formula is C11H25NO. The van der Waals surface area contributed by atoms with E-state index in [9.17, 15) is 0 Å². The SMILES string of the molecule is CCOC(CC)C(NC)C(C)CC. The molecule has 0 saturated heterocycles. The molecule has 2 heteroatoms. The Morgan fingerprint density at radius 3 is 2.08 bits per heavy atom. The smallest absolute Gasteiger partial charge is 0.0727 e. The predicted octanol–water partition coefficient (Wildman–Crippen LogP) is 2.44. The number of rotatable bonds is 7. The first-order valence-electron chi connectivity index (χ1n) is 5.49. The summed E-state index contributed by atoms with van der Waals surface area (Å²) in [6, 6.07) is 0.495. The Bertz CT molecular complexity index is 117. The lowest BCUT2D eigenvalue weighted by molar-refractivity contribution is 0.0190. The molecule has 0 spiro atoms. The number of nitrogens with one attached hydrogen (secondary N) is 1. The van der Waals surface area contributed by atoms with Crippen LogP contribution in [-0.2, 0) is 4.74 Å². The van der Waals surface area contributed by atoms with Gasteiger partial charge in [0.25, 0.3) is 0 Å². The summed E-state index contributed by atoms with van der Waals surface area (Å²) < 4.78 is 5.70. The molecule has 3 atom stereocenters. The molecule has 0 saturated carbocycles. The summed E-state index contributed by atoms with van der Waals surface area (Å²) in [5.74, 6) is 0.682. The van der Waals surface area contributed by atoms with Gasteiger partial charge in [0, 0.05) is 12.6 Å². The van der Waals surface area contributed by atoms with Crippen LogP contribution in [0.3, 0.4) is 0 Å². The average Bonchev–Trinajstić information content (AvgIpc) is 2.17. The minimum Gasteiger partial charge on any atom is -0.377 e. The second kappa shape index (κ2) is 7.34. The van der Waals surface area contributed by atoms with Crippen molar-refractivity contribution in [1.29, 1.82) is 0 Å². The summed E-state index contributed by atoms with van der Waals surface area (Å²) in [7, 11) is 2.03. The van der Waals surface area contributed by atoms with Crippen molar-refractivity contribution < 1.29 is 4.74 Å². The zero-order valence-electron chi connectivity index (χ0n) is 9.76. The van der Waals surface area contributed by atoms with Gasteiger partial charge in [0.15, 0.2) is 0 Å². The van der Waals surface area contributed by atoms with E-state index in [-0.39, 0.29) is 0 Å². The van der Waals surface area contributed by atoms with Gasteiger partial charge in [-0.15, -0.1) is 0 Å². The van der Waals surface area contributed by atoms with Crippen LogP contribution in [-0.4, -0.2) is 25.8 Å². The lowest BCUT2D eigenvalue weighted by Crippen LogP contribution is -2.43. The number of hydrogen-bond donors (Lipinski definition) is 1. The molecular weight excluding hydrogens is 162 g/mol. The fourth-order valence-electron chi connectivity index (χ4n) is 1.78. The van der Waals surface area contributed by atoms with Gasteiger partial charge >= 0.3 is 0 Å². The van der Waals surface area contributed by atoms with Gasteiger partial charge in [-0.05, 0) is 26.3 Å². The second-order valence-electron chi connectivity index (χ2n) is 3.60. The molecule has 0 amide bonds. The van der Waals surface area contributed by atoms with Crippen molar-refractivity contribution >= 4 is 0 Å². The number of hydrogen-bond acceptors (Lipinski definition) is 2. The molecule has 2 nitrogen and oxygen atoms in total. The Kier molecular flexibility index (Phi) is 7.29. The highest BCUT2D eigenvalue weighted by atomic mass is 16.5. The van der Waals surface area contributed by atoms with Crippen molar-refractivity contribution in [3.63, 3.8) is 0 Å². The van der Waals surface area contributed by atoms with E-state index in [1.54, 1.807) is 0 Å². The summed E-state index contributed by atoms with van der Waals surface area (Å²) in [6.07, 6.45) is 2.66. The van der Waals surface area contributed by atoms with Crippen LogP contribution in [0.25, 0.3) is 0 Å². The van der Waals surface area contributed by atoms with Gasteiger partial charge in [0.1, 0.15) is 0 Å². The topological polar surface area (TPSA) is 21.3 Å². The highest BCUT2D eigenvalue weighted by Gasteiger charge is 2.23. The molecule has 0 aliphatic heterocycles. The van der Waals surface area contributed by atoms with Gasteiger partial charge in [-0.2, -0.15) is 0 Å². The Balaban J connectivity index is 4.15. The van der Waals surface area contributed by atoms with Crippen LogP contribution in [0.2, 0.25) is 0 Å². The Morgan fingerprint density at radius 1 is 1.15 bits per heavy atom. The van der Waals surface area contributed by atoms with Crippen molar-refractivity contribution in [2.24, 2.45) is 5.92 Å². The van der Waals surface area contributed by atoms with Gasteiger partial charge < -0.3 is 10.1 Å². The molecule has 80 valence electrons.